The average Bonchev–Trinajstić information content (AvgIpc) is 1.99. The Kier molecular flexibility index (Phi) is 3.55. The summed E-state index contributed by atoms with van der Waals surface area (Å²) in [6.07, 6.45) is 0.0321. The van der Waals surface area contributed by atoms with E-state index in [2.05, 4.69) is 39.2 Å². The van der Waals surface area contributed by atoms with Gasteiger partial charge in [-0.2, -0.15) is 0 Å². The van der Waals surface area contributed by atoms with Crippen molar-refractivity contribution >= 4 is 14.2 Å². The molecule has 1 saturated heterocycles. The molecule has 0 spiro atoms. The first-order valence-corrected chi connectivity index (χ1v) is 8.95. The van der Waals surface area contributed by atoms with Gasteiger partial charge in [-0.25, -0.2) is 0 Å². The maximum Gasteiger partial charge on any atom is 0.227 e. The number of carbonyl (C=O) groups is 1. The molecule has 0 aromatic heterocycles. The third-order valence-electron chi connectivity index (χ3n) is 4.00. The molecule has 0 saturated carbocycles. The van der Waals surface area contributed by atoms with E-state index in [9.17, 15) is 4.79 Å². The van der Waals surface area contributed by atoms with Gasteiger partial charge in [0.05, 0.1) is 12.0 Å². The summed E-state index contributed by atoms with van der Waals surface area (Å²) in [4.78, 5) is 11.4. The highest BCUT2D eigenvalue weighted by atomic mass is 28.4. The fraction of sp³-hybridized carbons (Fsp3) is 0.917. The minimum absolute atomic E-state index is 0.0321. The Labute approximate surface area is 100 Å². The molecule has 16 heavy (non-hydrogen) atoms. The van der Waals surface area contributed by atoms with Crippen molar-refractivity contribution in [2.45, 2.75) is 64.9 Å². The molecule has 3 atom stereocenters. The van der Waals surface area contributed by atoms with Crippen LogP contribution < -0.4 is 5.32 Å². The SMILES string of the molecule is C[C@H]1NC(=O)[C@@H]1[C@@H](C)O[Si](C)(C)C(C)(C)C. The summed E-state index contributed by atoms with van der Waals surface area (Å²) < 4.78 is 6.23. The van der Waals surface area contributed by atoms with Crippen LogP contribution in [0.4, 0.5) is 0 Å². The second-order valence-electron chi connectivity index (χ2n) is 6.41. The van der Waals surface area contributed by atoms with Gasteiger partial charge in [-0.3, -0.25) is 4.79 Å². The minimum Gasteiger partial charge on any atom is -0.413 e. The van der Waals surface area contributed by atoms with Crippen LogP contribution >= 0.6 is 0 Å². The van der Waals surface area contributed by atoms with E-state index in [0.717, 1.165) is 0 Å². The van der Waals surface area contributed by atoms with Crippen LogP contribution in [0.2, 0.25) is 18.1 Å². The van der Waals surface area contributed by atoms with E-state index in [1.54, 1.807) is 0 Å². The first-order valence-electron chi connectivity index (χ1n) is 6.04. The quantitative estimate of drug-likeness (QED) is 0.611. The van der Waals surface area contributed by atoms with Crippen LogP contribution in [0, 0.1) is 5.92 Å². The Morgan fingerprint density at radius 1 is 1.38 bits per heavy atom. The molecule has 0 aromatic rings. The summed E-state index contributed by atoms with van der Waals surface area (Å²) in [6.45, 7) is 15.2. The van der Waals surface area contributed by atoms with Crippen molar-refractivity contribution in [2.75, 3.05) is 0 Å². The van der Waals surface area contributed by atoms with E-state index in [1.165, 1.54) is 0 Å². The lowest BCUT2D eigenvalue weighted by Gasteiger charge is -2.44. The molecule has 1 fully saturated rings. The molecule has 4 heteroatoms. The van der Waals surface area contributed by atoms with E-state index in [0.29, 0.717) is 0 Å². The van der Waals surface area contributed by atoms with Gasteiger partial charge < -0.3 is 9.74 Å². The molecule has 1 aliphatic rings. The van der Waals surface area contributed by atoms with Crippen LogP contribution in [0.15, 0.2) is 0 Å². The van der Waals surface area contributed by atoms with Gasteiger partial charge in [0.1, 0.15) is 0 Å². The van der Waals surface area contributed by atoms with Crippen LogP contribution in [0.5, 0.6) is 0 Å². The van der Waals surface area contributed by atoms with E-state index in [4.69, 9.17) is 4.43 Å². The molecule has 1 heterocycles. The average molecular weight is 243 g/mol. The fourth-order valence-electron chi connectivity index (χ4n) is 1.88. The second-order valence-corrected chi connectivity index (χ2v) is 11.2. The Balaban J connectivity index is 2.64. The molecule has 1 amide bonds. The fourth-order valence-corrected chi connectivity index (χ4v) is 3.31. The molecule has 94 valence electrons. The molecule has 0 aromatic carbocycles. The number of nitrogens with one attached hydrogen (secondary N) is 1. The summed E-state index contributed by atoms with van der Waals surface area (Å²) in [7, 11) is -1.75. The third kappa shape index (κ3) is 2.48. The Bertz CT molecular complexity index is 283. The van der Waals surface area contributed by atoms with E-state index >= 15 is 0 Å². The van der Waals surface area contributed by atoms with E-state index < -0.39 is 8.32 Å². The predicted octanol–water partition coefficient (Wildman–Crippen LogP) is 2.53. The maximum absolute atomic E-state index is 11.4. The standard InChI is InChI=1S/C12H25NO2Si/c1-8-10(11(14)13-8)9(2)15-16(6,7)12(3,4)5/h8-10H,1-7H3,(H,13,14)/t8-,9-,10+/m1/s1. The normalized spacial score (nSPS) is 28.3. The molecular weight excluding hydrogens is 218 g/mol. The molecule has 0 unspecified atom stereocenters. The van der Waals surface area contributed by atoms with Crippen LogP contribution in [-0.4, -0.2) is 26.4 Å². The van der Waals surface area contributed by atoms with Gasteiger partial charge in [0.25, 0.3) is 0 Å². The summed E-state index contributed by atoms with van der Waals surface area (Å²) >= 11 is 0. The van der Waals surface area contributed by atoms with Crippen molar-refractivity contribution in [2.24, 2.45) is 5.92 Å². The zero-order valence-corrected chi connectivity index (χ0v) is 12.5. The molecule has 0 radical (unpaired) electrons. The number of hydrogen-bond donors (Lipinski definition) is 1. The molecule has 1 aliphatic heterocycles. The number of β-lactam (4-membered cyclic amide) rings is 1. The maximum atomic E-state index is 11.4. The summed E-state index contributed by atoms with van der Waals surface area (Å²) in [5.74, 6) is 0.174. The third-order valence-corrected chi connectivity index (χ3v) is 8.58. The largest absolute Gasteiger partial charge is 0.413 e. The summed E-state index contributed by atoms with van der Waals surface area (Å²) in [6, 6.07) is 0.257. The highest BCUT2D eigenvalue weighted by molar-refractivity contribution is 6.74. The van der Waals surface area contributed by atoms with Gasteiger partial charge in [-0.05, 0) is 32.0 Å². The molecule has 1 N–H and O–H groups in total. The number of carbonyl (C=O) groups excluding carboxylic acids is 1. The van der Waals surface area contributed by atoms with Crippen LogP contribution in [-0.2, 0) is 9.22 Å². The van der Waals surface area contributed by atoms with E-state index in [-0.39, 0.29) is 29.0 Å². The van der Waals surface area contributed by atoms with Gasteiger partial charge >= 0.3 is 0 Å². The van der Waals surface area contributed by atoms with Crippen molar-refractivity contribution in [3.63, 3.8) is 0 Å². The van der Waals surface area contributed by atoms with Crippen molar-refractivity contribution in [1.29, 1.82) is 0 Å². The van der Waals surface area contributed by atoms with E-state index in [1.807, 2.05) is 13.8 Å². The van der Waals surface area contributed by atoms with Gasteiger partial charge in [-0.1, -0.05) is 20.8 Å². The van der Waals surface area contributed by atoms with Gasteiger partial charge in [-0.15, -0.1) is 0 Å². The highest BCUT2D eigenvalue weighted by Crippen LogP contribution is 2.38. The van der Waals surface area contributed by atoms with Crippen molar-refractivity contribution in [3.8, 4) is 0 Å². The van der Waals surface area contributed by atoms with Crippen molar-refractivity contribution in [1.82, 2.24) is 5.32 Å². The second kappa shape index (κ2) is 4.15. The molecule has 1 rings (SSSR count). The first kappa shape index (κ1) is 13.7. The molecule has 0 bridgehead atoms. The van der Waals surface area contributed by atoms with Gasteiger partial charge in [0.15, 0.2) is 8.32 Å². The number of hydrogen-bond acceptors (Lipinski definition) is 2. The van der Waals surface area contributed by atoms with Gasteiger partial charge in [0, 0.05) is 6.04 Å². The molecule has 0 aliphatic carbocycles. The molecular formula is C12H25NO2Si. The lowest BCUT2D eigenvalue weighted by Crippen LogP contribution is -2.62. The zero-order chi connectivity index (χ0) is 12.7. The van der Waals surface area contributed by atoms with Crippen molar-refractivity contribution < 1.29 is 9.22 Å². The monoisotopic (exact) mass is 243 g/mol. The van der Waals surface area contributed by atoms with Crippen LogP contribution in [0.1, 0.15) is 34.6 Å². The summed E-state index contributed by atoms with van der Waals surface area (Å²) in [5, 5.41) is 3.06. The Morgan fingerprint density at radius 2 is 1.88 bits per heavy atom. The Hall–Kier alpha value is -0.353. The molecule has 3 nitrogen and oxygen atoms in total. The zero-order valence-electron chi connectivity index (χ0n) is 11.5. The Morgan fingerprint density at radius 3 is 2.19 bits per heavy atom. The minimum atomic E-state index is -1.75. The highest BCUT2D eigenvalue weighted by Gasteiger charge is 2.45. The predicted molar refractivity (Wildman–Crippen MR) is 68.8 cm³/mol. The van der Waals surface area contributed by atoms with Crippen molar-refractivity contribution in [3.05, 3.63) is 0 Å². The van der Waals surface area contributed by atoms with Gasteiger partial charge in [0.2, 0.25) is 5.91 Å². The first-order chi connectivity index (χ1) is 7.06. The lowest BCUT2D eigenvalue weighted by molar-refractivity contribution is -0.139. The number of amides is 1. The summed E-state index contributed by atoms with van der Waals surface area (Å²) in [5.41, 5.74) is 0. The number of rotatable bonds is 3. The van der Waals surface area contributed by atoms with Crippen LogP contribution in [0.3, 0.4) is 0 Å². The topological polar surface area (TPSA) is 38.3 Å². The lowest BCUT2D eigenvalue weighted by atomic mass is 9.88. The van der Waals surface area contributed by atoms with Crippen LogP contribution in [0.25, 0.3) is 0 Å². The smallest absolute Gasteiger partial charge is 0.227 e.